The van der Waals surface area contributed by atoms with Gasteiger partial charge >= 0.3 is 5.97 Å². The molecule has 0 radical (unpaired) electrons. The van der Waals surface area contributed by atoms with E-state index in [1.54, 1.807) is 31.2 Å². The zero-order valence-electron chi connectivity index (χ0n) is 12.8. The average molecular weight is 463 g/mol. The van der Waals surface area contributed by atoms with Crippen LogP contribution in [0.15, 0.2) is 53.4 Å². The van der Waals surface area contributed by atoms with E-state index in [2.05, 4.69) is 0 Å². The third-order valence-electron chi connectivity index (χ3n) is 3.08. The molecule has 0 unspecified atom stereocenters. The maximum absolute atomic E-state index is 13.1. The van der Waals surface area contributed by atoms with Gasteiger partial charge in [0.1, 0.15) is 12.4 Å². The highest BCUT2D eigenvalue weighted by Gasteiger charge is 2.27. The minimum absolute atomic E-state index is 0.105. The highest BCUT2D eigenvalue weighted by Crippen LogP contribution is 2.25. The lowest BCUT2D eigenvalue weighted by molar-refractivity contribution is -0.141. The molecule has 0 aliphatic heterocycles. The van der Waals surface area contributed by atoms with Crippen LogP contribution in [-0.2, 0) is 19.6 Å². The van der Waals surface area contributed by atoms with Gasteiger partial charge in [-0.15, -0.1) is 0 Å². The largest absolute Gasteiger partial charge is 0.465 e. The fourth-order valence-corrected chi connectivity index (χ4v) is 3.93. The molecule has 8 heteroatoms. The number of hydrogen-bond acceptors (Lipinski definition) is 4. The van der Waals surface area contributed by atoms with Crippen molar-refractivity contribution in [1.82, 2.24) is 0 Å². The van der Waals surface area contributed by atoms with Crippen LogP contribution in [0.1, 0.15) is 6.92 Å². The summed E-state index contributed by atoms with van der Waals surface area (Å²) in [5.41, 5.74) is 0.333. The molecule has 2 aromatic rings. The molecule has 0 aromatic heterocycles. The van der Waals surface area contributed by atoms with E-state index in [-0.39, 0.29) is 11.5 Å². The number of rotatable bonds is 6. The molecular formula is C16H15FINO4S. The molecule has 0 aliphatic rings. The molecule has 0 saturated carbocycles. The first-order valence-corrected chi connectivity index (χ1v) is 9.56. The van der Waals surface area contributed by atoms with E-state index < -0.39 is 28.4 Å². The quantitative estimate of drug-likeness (QED) is 0.488. The summed E-state index contributed by atoms with van der Waals surface area (Å²) in [4.78, 5) is 11.7. The lowest BCUT2D eigenvalue weighted by Gasteiger charge is -2.23. The van der Waals surface area contributed by atoms with Crippen LogP contribution in [0.2, 0.25) is 0 Å². The summed E-state index contributed by atoms with van der Waals surface area (Å²) in [5, 5.41) is 0. The maximum Gasteiger partial charge on any atom is 0.326 e. The van der Waals surface area contributed by atoms with Gasteiger partial charge in [0.25, 0.3) is 10.0 Å². The molecule has 0 spiro atoms. The van der Waals surface area contributed by atoms with Crippen molar-refractivity contribution >= 4 is 44.3 Å². The number of benzene rings is 2. The van der Waals surface area contributed by atoms with Gasteiger partial charge in [0.05, 0.1) is 17.2 Å². The summed E-state index contributed by atoms with van der Waals surface area (Å²) in [6.07, 6.45) is 0. The van der Waals surface area contributed by atoms with Crippen LogP contribution in [0, 0.1) is 9.39 Å². The van der Waals surface area contributed by atoms with Gasteiger partial charge in [-0.2, -0.15) is 0 Å². The minimum atomic E-state index is -4.04. The summed E-state index contributed by atoms with van der Waals surface area (Å²) >= 11 is 2.05. The Morgan fingerprint density at radius 3 is 2.46 bits per heavy atom. The minimum Gasteiger partial charge on any atom is -0.465 e. The monoisotopic (exact) mass is 463 g/mol. The van der Waals surface area contributed by atoms with Crippen LogP contribution < -0.4 is 4.31 Å². The molecule has 0 heterocycles. The van der Waals surface area contributed by atoms with Crippen LogP contribution in [0.3, 0.4) is 0 Å². The van der Waals surface area contributed by atoms with Crippen molar-refractivity contribution in [3.05, 3.63) is 57.9 Å². The predicted molar refractivity (Wildman–Crippen MR) is 96.7 cm³/mol. The molecule has 0 amide bonds. The van der Waals surface area contributed by atoms with Gasteiger partial charge in [-0.05, 0) is 72.0 Å². The molecule has 0 bridgehead atoms. The average Bonchev–Trinajstić information content (AvgIpc) is 2.53. The Hall–Kier alpha value is -1.68. The van der Waals surface area contributed by atoms with Crippen molar-refractivity contribution in [3.8, 4) is 0 Å². The van der Waals surface area contributed by atoms with Crippen molar-refractivity contribution in [2.45, 2.75) is 11.8 Å². The topological polar surface area (TPSA) is 63.7 Å². The van der Waals surface area contributed by atoms with Crippen LogP contribution in [0.4, 0.5) is 10.1 Å². The fourth-order valence-electron chi connectivity index (χ4n) is 2.00. The first-order chi connectivity index (χ1) is 11.3. The van der Waals surface area contributed by atoms with Gasteiger partial charge in [-0.25, -0.2) is 12.8 Å². The van der Waals surface area contributed by atoms with Gasteiger partial charge in [0.2, 0.25) is 0 Å². The first kappa shape index (κ1) is 18.7. The van der Waals surface area contributed by atoms with E-state index in [1.165, 1.54) is 0 Å². The van der Waals surface area contributed by atoms with Gasteiger partial charge < -0.3 is 4.74 Å². The van der Waals surface area contributed by atoms with Crippen molar-refractivity contribution in [2.24, 2.45) is 0 Å². The molecule has 0 atom stereocenters. The van der Waals surface area contributed by atoms with Crippen molar-refractivity contribution in [1.29, 1.82) is 0 Å². The van der Waals surface area contributed by atoms with E-state index in [0.29, 0.717) is 5.69 Å². The number of carbonyl (C=O) groups excluding carboxylic acids is 1. The third kappa shape index (κ3) is 4.44. The third-order valence-corrected chi connectivity index (χ3v) is 5.53. The molecule has 0 N–H and O–H groups in total. The van der Waals surface area contributed by atoms with E-state index in [0.717, 1.165) is 32.1 Å². The van der Waals surface area contributed by atoms with Gasteiger partial charge in [-0.1, -0.05) is 6.07 Å². The van der Waals surface area contributed by atoms with E-state index >= 15 is 0 Å². The van der Waals surface area contributed by atoms with E-state index in [1.807, 2.05) is 22.6 Å². The summed E-state index contributed by atoms with van der Waals surface area (Å²) in [5.74, 6) is -1.21. The fraction of sp³-hybridized carbons (Fsp3) is 0.188. The Labute approximate surface area is 153 Å². The second-order valence-corrected chi connectivity index (χ2v) is 7.86. The standard InChI is InChI=1S/C16H15FINO4S/c1-2-23-16(20)11-19(14-5-3-4-13(18)10-14)24(21,22)15-8-6-12(17)7-9-15/h3-10H,2,11H2,1H3. The Kier molecular flexibility index (Phi) is 6.16. The number of ether oxygens (including phenoxy) is 1. The summed E-state index contributed by atoms with van der Waals surface area (Å²) in [6.45, 7) is 1.32. The van der Waals surface area contributed by atoms with E-state index in [4.69, 9.17) is 4.74 Å². The number of hydrogen-bond donors (Lipinski definition) is 0. The Balaban J connectivity index is 2.48. The highest BCUT2D eigenvalue weighted by molar-refractivity contribution is 14.1. The number of carbonyl (C=O) groups is 1. The lowest BCUT2D eigenvalue weighted by atomic mass is 10.3. The van der Waals surface area contributed by atoms with E-state index in [9.17, 15) is 17.6 Å². The predicted octanol–water partition coefficient (Wildman–Crippen LogP) is 3.19. The Bertz CT molecular complexity index is 824. The molecule has 0 fully saturated rings. The summed E-state index contributed by atoms with van der Waals surface area (Å²) in [7, 11) is -4.04. The number of halogens is 2. The highest BCUT2D eigenvalue weighted by atomic mass is 127. The molecule has 24 heavy (non-hydrogen) atoms. The molecule has 0 saturated heterocycles. The van der Waals surface area contributed by atoms with Crippen LogP contribution in [-0.4, -0.2) is 27.5 Å². The Morgan fingerprint density at radius 1 is 1.21 bits per heavy atom. The van der Waals surface area contributed by atoms with Crippen molar-refractivity contribution < 1.29 is 22.3 Å². The van der Waals surface area contributed by atoms with Gasteiger partial charge in [0.15, 0.2) is 0 Å². The summed E-state index contributed by atoms with van der Waals surface area (Å²) < 4.78 is 45.5. The lowest BCUT2D eigenvalue weighted by Crippen LogP contribution is -2.36. The Morgan fingerprint density at radius 2 is 1.88 bits per heavy atom. The number of sulfonamides is 1. The van der Waals surface area contributed by atoms with Crippen molar-refractivity contribution in [2.75, 3.05) is 17.5 Å². The second-order valence-electron chi connectivity index (χ2n) is 4.75. The molecule has 128 valence electrons. The normalized spacial score (nSPS) is 11.1. The molecule has 5 nitrogen and oxygen atoms in total. The number of esters is 1. The molecule has 0 aliphatic carbocycles. The smallest absolute Gasteiger partial charge is 0.326 e. The maximum atomic E-state index is 13.1. The van der Waals surface area contributed by atoms with Crippen LogP contribution >= 0.6 is 22.6 Å². The molecule has 2 aromatic carbocycles. The number of anilines is 1. The van der Waals surface area contributed by atoms with Gasteiger partial charge in [-0.3, -0.25) is 9.10 Å². The second kappa shape index (κ2) is 7.93. The number of nitrogens with zero attached hydrogens (tertiary/aromatic N) is 1. The zero-order valence-corrected chi connectivity index (χ0v) is 15.8. The molecule has 2 rings (SSSR count). The van der Waals surface area contributed by atoms with Crippen LogP contribution in [0.25, 0.3) is 0 Å². The van der Waals surface area contributed by atoms with Gasteiger partial charge in [0, 0.05) is 3.57 Å². The summed E-state index contributed by atoms with van der Waals surface area (Å²) in [6, 6.07) is 11.2. The SMILES string of the molecule is CCOC(=O)CN(c1cccc(I)c1)S(=O)(=O)c1ccc(F)cc1. The molecular weight excluding hydrogens is 448 g/mol. The van der Waals surface area contributed by atoms with Crippen LogP contribution in [0.5, 0.6) is 0 Å². The zero-order chi connectivity index (χ0) is 17.7. The first-order valence-electron chi connectivity index (χ1n) is 7.04. The van der Waals surface area contributed by atoms with Crippen molar-refractivity contribution in [3.63, 3.8) is 0 Å².